The van der Waals surface area contributed by atoms with Crippen molar-refractivity contribution in [2.24, 2.45) is 17.3 Å². The van der Waals surface area contributed by atoms with Crippen molar-refractivity contribution < 1.29 is 14.4 Å². The molecule has 3 unspecified atom stereocenters. The van der Waals surface area contributed by atoms with Gasteiger partial charge in [-0.3, -0.25) is 29.7 Å². The first-order valence-corrected chi connectivity index (χ1v) is 13.6. The number of hydrogen-bond acceptors (Lipinski definition) is 6. The number of hydrogen-bond donors (Lipinski definition) is 2. The molecule has 0 bridgehead atoms. The van der Waals surface area contributed by atoms with Crippen molar-refractivity contribution in [2.75, 3.05) is 13.1 Å². The summed E-state index contributed by atoms with van der Waals surface area (Å²) in [4.78, 5) is 43.2. The summed E-state index contributed by atoms with van der Waals surface area (Å²) in [5, 5.41) is 10.8. The lowest BCUT2D eigenvalue weighted by molar-refractivity contribution is -0.143. The Hall–Kier alpha value is -3.78. The summed E-state index contributed by atoms with van der Waals surface area (Å²) in [6.07, 6.45) is 17.5. The van der Waals surface area contributed by atoms with Gasteiger partial charge < -0.3 is 4.90 Å². The molecule has 1 spiro atoms. The molecule has 7 rings (SSSR count). The van der Waals surface area contributed by atoms with E-state index in [-0.39, 0.29) is 24.0 Å². The van der Waals surface area contributed by atoms with E-state index < -0.39 is 17.3 Å². The molecule has 3 aliphatic heterocycles. The van der Waals surface area contributed by atoms with Crippen LogP contribution in [0.15, 0.2) is 72.2 Å². The average molecular weight is 510 g/mol. The number of likely N-dealkylation sites (tertiary alicyclic amines) is 1. The zero-order valence-electron chi connectivity index (χ0n) is 21.2. The van der Waals surface area contributed by atoms with E-state index >= 15 is 0 Å². The highest BCUT2D eigenvalue weighted by Gasteiger charge is 2.58. The zero-order chi connectivity index (χ0) is 25.9. The molecule has 1 aromatic heterocycles. The molecule has 0 saturated carbocycles. The number of aromatic nitrogens is 2. The number of ketones is 1. The number of benzene rings is 1. The molecule has 8 nitrogen and oxygen atoms in total. The van der Waals surface area contributed by atoms with Crippen LogP contribution in [-0.2, 0) is 20.9 Å². The van der Waals surface area contributed by atoms with Crippen molar-refractivity contribution in [2.45, 2.75) is 44.7 Å². The van der Waals surface area contributed by atoms with Crippen molar-refractivity contribution in [3.05, 3.63) is 77.8 Å². The van der Waals surface area contributed by atoms with Gasteiger partial charge in [0, 0.05) is 61.7 Å². The summed E-state index contributed by atoms with van der Waals surface area (Å²) >= 11 is 0. The molecule has 3 atom stereocenters. The minimum Gasteiger partial charge on any atom is -0.347 e. The third kappa shape index (κ3) is 3.61. The largest absolute Gasteiger partial charge is 0.347 e. The number of amides is 2. The molecule has 38 heavy (non-hydrogen) atoms. The lowest BCUT2D eigenvalue weighted by Crippen LogP contribution is -2.53. The number of fused-ring (bicyclic) bond motifs is 1. The number of imide groups is 1. The summed E-state index contributed by atoms with van der Waals surface area (Å²) in [5.41, 5.74) is 3.92. The van der Waals surface area contributed by atoms with Crippen LogP contribution in [-0.4, -0.2) is 56.7 Å². The van der Waals surface area contributed by atoms with Gasteiger partial charge in [-0.05, 0) is 42.5 Å². The Labute approximate surface area is 221 Å². The van der Waals surface area contributed by atoms with E-state index in [1.54, 1.807) is 0 Å². The first kappa shape index (κ1) is 23.3. The molecule has 5 aliphatic rings. The summed E-state index contributed by atoms with van der Waals surface area (Å²) in [6, 6.07) is 6.81. The number of nitrogens with zero attached hydrogens (tertiary/aromatic N) is 3. The van der Waals surface area contributed by atoms with Crippen molar-refractivity contribution in [1.82, 2.24) is 25.3 Å². The first-order chi connectivity index (χ1) is 18.5. The number of rotatable bonds is 4. The van der Waals surface area contributed by atoms with Gasteiger partial charge in [0.15, 0.2) is 0 Å². The van der Waals surface area contributed by atoms with E-state index in [0.29, 0.717) is 18.9 Å². The fourth-order valence-corrected chi connectivity index (χ4v) is 7.29. The molecule has 2 N–H and O–H groups in total. The number of carbonyl (C=O) groups is 3. The standard InChI is InChI=1S/C30H31N5O3/c36-25-7-8-26-30(28(25)23-5-9-27(37)32-29(23)38)12-2-1-3-21(30)18-35(26)22-10-13-34(14-11-22)17-19-4-6-24-20(15-19)16-31-33-24/h1-4,6,8,12,15-16,18,22-23,28H,5,7,9-11,13-14,17H2,(H,31,33)(H,32,37,38). The summed E-state index contributed by atoms with van der Waals surface area (Å²) in [6.45, 7) is 2.91. The van der Waals surface area contributed by atoms with Crippen LogP contribution < -0.4 is 5.32 Å². The Morgan fingerprint density at radius 3 is 2.79 bits per heavy atom. The van der Waals surface area contributed by atoms with Crippen LogP contribution in [0.3, 0.4) is 0 Å². The van der Waals surface area contributed by atoms with E-state index in [1.165, 1.54) is 5.56 Å². The number of allylic oxidation sites excluding steroid dienone is 5. The van der Waals surface area contributed by atoms with Crippen LogP contribution in [0.4, 0.5) is 0 Å². The summed E-state index contributed by atoms with van der Waals surface area (Å²) in [7, 11) is 0. The van der Waals surface area contributed by atoms with Gasteiger partial charge in [-0.1, -0.05) is 36.4 Å². The van der Waals surface area contributed by atoms with Gasteiger partial charge in [0.25, 0.3) is 0 Å². The fraction of sp³-hybridized carbons (Fsp3) is 0.400. The van der Waals surface area contributed by atoms with E-state index in [4.69, 9.17) is 0 Å². The molecule has 194 valence electrons. The number of piperidine rings is 2. The Balaban J connectivity index is 1.12. The molecule has 2 saturated heterocycles. The van der Waals surface area contributed by atoms with E-state index in [0.717, 1.165) is 54.6 Å². The van der Waals surface area contributed by atoms with Crippen molar-refractivity contribution in [3.63, 3.8) is 0 Å². The normalized spacial score (nSPS) is 29.8. The maximum atomic E-state index is 13.5. The van der Waals surface area contributed by atoms with Crippen LogP contribution in [0.25, 0.3) is 10.9 Å². The second kappa shape index (κ2) is 8.91. The van der Waals surface area contributed by atoms with Crippen LogP contribution in [0, 0.1) is 17.3 Å². The minimum atomic E-state index is -0.635. The van der Waals surface area contributed by atoms with Crippen molar-refractivity contribution in [1.29, 1.82) is 0 Å². The SMILES string of the molecule is O=C1CCC(C2C(=O)CC=C3N(C4CCN(Cc5ccc6[nH]ncc6c5)CC4)C=C4C=CC=CC432)C(=O)N1. The Bertz CT molecular complexity index is 1460. The van der Waals surface area contributed by atoms with Gasteiger partial charge in [-0.2, -0.15) is 5.10 Å². The summed E-state index contributed by atoms with van der Waals surface area (Å²) in [5.74, 6) is -1.47. The predicted molar refractivity (Wildman–Crippen MR) is 142 cm³/mol. The van der Waals surface area contributed by atoms with Gasteiger partial charge in [-0.15, -0.1) is 0 Å². The topological polar surface area (TPSA) is 98.4 Å². The second-order valence-electron chi connectivity index (χ2n) is 11.2. The monoisotopic (exact) mass is 509 g/mol. The number of aromatic amines is 1. The van der Waals surface area contributed by atoms with E-state index in [2.05, 4.69) is 67.9 Å². The maximum Gasteiger partial charge on any atom is 0.230 e. The molecular weight excluding hydrogens is 478 g/mol. The van der Waals surface area contributed by atoms with Crippen LogP contribution in [0.1, 0.15) is 37.7 Å². The van der Waals surface area contributed by atoms with E-state index in [9.17, 15) is 14.4 Å². The number of H-pyrrole nitrogens is 1. The highest BCUT2D eigenvalue weighted by Crippen LogP contribution is 2.58. The van der Waals surface area contributed by atoms with Crippen molar-refractivity contribution >= 4 is 28.5 Å². The highest BCUT2D eigenvalue weighted by molar-refractivity contribution is 6.02. The number of Topliss-reactive ketones (excluding diaryl/α,β-unsaturated/α-hetero) is 1. The lowest BCUT2D eigenvalue weighted by Gasteiger charge is -2.47. The smallest absolute Gasteiger partial charge is 0.230 e. The number of carbonyl (C=O) groups excluding carboxylic acids is 3. The second-order valence-corrected chi connectivity index (χ2v) is 11.2. The fourth-order valence-electron chi connectivity index (χ4n) is 7.29. The minimum absolute atomic E-state index is 0.0837. The Morgan fingerprint density at radius 1 is 1.08 bits per heavy atom. The van der Waals surface area contributed by atoms with Gasteiger partial charge in [-0.25, -0.2) is 0 Å². The highest BCUT2D eigenvalue weighted by atomic mass is 16.2. The molecule has 1 aromatic carbocycles. The van der Waals surface area contributed by atoms with Crippen LogP contribution in [0.5, 0.6) is 0 Å². The summed E-state index contributed by atoms with van der Waals surface area (Å²) < 4.78 is 0. The van der Waals surface area contributed by atoms with Gasteiger partial charge in [0.05, 0.1) is 23.0 Å². The lowest BCUT2D eigenvalue weighted by atomic mass is 9.57. The molecule has 2 aromatic rings. The van der Waals surface area contributed by atoms with Gasteiger partial charge in [0.1, 0.15) is 5.78 Å². The van der Waals surface area contributed by atoms with Crippen molar-refractivity contribution in [3.8, 4) is 0 Å². The number of nitrogens with one attached hydrogen (secondary N) is 2. The van der Waals surface area contributed by atoms with Gasteiger partial charge >= 0.3 is 0 Å². The molecular formula is C30H31N5O3. The van der Waals surface area contributed by atoms with Crippen LogP contribution >= 0.6 is 0 Å². The molecule has 2 amide bonds. The predicted octanol–water partition coefficient (Wildman–Crippen LogP) is 3.36. The zero-order valence-corrected chi connectivity index (χ0v) is 21.2. The molecule has 2 fully saturated rings. The average Bonchev–Trinajstić information content (AvgIpc) is 3.52. The molecule has 2 aliphatic carbocycles. The molecule has 4 heterocycles. The molecule has 0 radical (unpaired) electrons. The molecule has 8 heteroatoms. The van der Waals surface area contributed by atoms with Crippen LogP contribution in [0.2, 0.25) is 0 Å². The van der Waals surface area contributed by atoms with E-state index in [1.807, 2.05) is 18.3 Å². The maximum absolute atomic E-state index is 13.5. The Kier molecular flexibility index (Phi) is 5.47. The Morgan fingerprint density at radius 2 is 1.95 bits per heavy atom. The third-order valence-electron chi connectivity index (χ3n) is 9.08. The quantitative estimate of drug-likeness (QED) is 0.614. The first-order valence-electron chi connectivity index (χ1n) is 13.6. The third-order valence-corrected chi connectivity index (χ3v) is 9.08. The van der Waals surface area contributed by atoms with Gasteiger partial charge in [0.2, 0.25) is 11.8 Å².